The quantitative estimate of drug-likeness (QED) is 0.697. The zero-order valence-corrected chi connectivity index (χ0v) is 15.2. The molecule has 0 aliphatic carbocycles. The molecule has 0 atom stereocenters. The van der Waals surface area contributed by atoms with Crippen molar-refractivity contribution in [3.63, 3.8) is 0 Å². The summed E-state index contributed by atoms with van der Waals surface area (Å²) in [6.45, 7) is 0. The number of sulfonamides is 1. The number of hydrogen-bond acceptors (Lipinski definition) is 5. The summed E-state index contributed by atoms with van der Waals surface area (Å²) in [5.41, 5.74) is 0.736. The van der Waals surface area contributed by atoms with Crippen molar-refractivity contribution < 1.29 is 23.1 Å². The molecule has 0 saturated heterocycles. The van der Waals surface area contributed by atoms with E-state index in [0.717, 1.165) is 6.26 Å². The van der Waals surface area contributed by atoms with E-state index in [1.807, 2.05) is 0 Å². The average molecular weight is 415 g/mol. The lowest BCUT2D eigenvalue weighted by molar-refractivity contribution is 0.102. The fourth-order valence-electron chi connectivity index (χ4n) is 1.94. The Morgan fingerprint density at radius 2 is 1.92 bits per heavy atom. The maximum absolute atomic E-state index is 12.3. The number of halogens is 1. The number of methoxy groups -OCH3 is 1. The first-order chi connectivity index (χ1) is 11.2. The number of carbonyl (C=O) groups is 1. The van der Waals surface area contributed by atoms with Crippen LogP contribution < -0.4 is 14.8 Å². The molecule has 0 aromatic heterocycles. The van der Waals surface area contributed by atoms with Crippen LogP contribution in [0.4, 0.5) is 11.4 Å². The number of nitrogens with one attached hydrogen (secondary N) is 2. The lowest BCUT2D eigenvalue weighted by Crippen LogP contribution is -2.13. The van der Waals surface area contributed by atoms with Gasteiger partial charge >= 0.3 is 0 Å². The van der Waals surface area contributed by atoms with Gasteiger partial charge in [0.1, 0.15) is 11.5 Å². The lowest BCUT2D eigenvalue weighted by atomic mass is 10.2. The number of ether oxygens (including phenoxy) is 1. The molecule has 2 aromatic carbocycles. The van der Waals surface area contributed by atoms with Crippen LogP contribution in [0.3, 0.4) is 0 Å². The van der Waals surface area contributed by atoms with Crippen LogP contribution in [0.2, 0.25) is 0 Å². The molecule has 0 saturated carbocycles. The fourth-order valence-corrected chi connectivity index (χ4v) is 2.87. The van der Waals surface area contributed by atoms with Crippen LogP contribution in [0, 0.1) is 0 Å². The molecule has 128 valence electrons. The topological polar surface area (TPSA) is 105 Å². The molecule has 24 heavy (non-hydrogen) atoms. The molecule has 9 heteroatoms. The minimum atomic E-state index is -3.45. The first-order valence-electron chi connectivity index (χ1n) is 6.65. The molecule has 0 fully saturated rings. The molecule has 3 N–H and O–H groups in total. The van der Waals surface area contributed by atoms with Crippen LogP contribution in [0.25, 0.3) is 0 Å². The number of benzene rings is 2. The smallest absolute Gasteiger partial charge is 0.259 e. The summed E-state index contributed by atoms with van der Waals surface area (Å²) in [6.07, 6.45) is 1.03. The normalized spacial score (nSPS) is 11.0. The molecule has 0 radical (unpaired) electrons. The maximum Gasteiger partial charge on any atom is 0.259 e. The first-order valence-corrected chi connectivity index (χ1v) is 9.34. The molecule has 0 heterocycles. The van der Waals surface area contributed by atoms with Crippen molar-refractivity contribution in [1.82, 2.24) is 0 Å². The van der Waals surface area contributed by atoms with Crippen molar-refractivity contribution in [1.29, 1.82) is 0 Å². The Kier molecular flexibility index (Phi) is 5.35. The summed E-state index contributed by atoms with van der Waals surface area (Å²) >= 11 is 3.23. The van der Waals surface area contributed by atoms with E-state index >= 15 is 0 Å². The summed E-state index contributed by atoms with van der Waals surface area (Å²) in [6, 6.07) is 8.96. The number of anilines is 2. The summed E-state index contributed by atoms with van der Waals surface area (Å²) in [5, 5.41) is 12.4. The standard InChI is InChI=1S/C15H15BrN2O5S/c1-23-14-8-10(4-5-12(14)18-24(2,21)22)17-15(20)11-7-9(16)3-6-13(11)19/h3-8,18-19H,1-2H3,(H,17,20). The van der Waals surface area contributed by atoms with E-state index in [1.54, 1.807) is 6.07 Å². The molecule has 1 amide bonds. The van der Waals surface area contributed by atoms with E-state index in [1.165, 1.54) is 37.4 Å². The van der Waals surface area contributed by atoms with Gasteiger partial charge in [-0.2, -0.15) is 0 Å². The summed E-state index contributed by atoms with van der Waals surface area (Å²) < 4.78 is 30.7. The van der Waals surface area contributed by atoms with Gasteiger partial charge in [0.15, 0.2) is 0 Å². The Bertz CT molecular complexity index is 883. The van der Waals surface area contributed by atoms with Gasteiger partial charge in [-0.15, -0.1) is 0 Å². The van der Waals surface area contributed by atoms with E-state index in [0.29, 0.717) is 10.2 Å². The number of phenols is 1. The van der Waals surface area contributed by atoms with E-state index < -0.39 is 15.9 Å². The predicted octanol–water partition coefficient (Wildman–Crippen LogP) is 2.79. The number of phenolic OH excluding ortho intramolecular Hbond substituents is 1. The van der Waals surface area contributed by atoms with Crippen LogP contribution in [-0.2, 0) is 10.0 Å². The lowest BCUT2D eigenvalue weighted by Gasteiger charge is -2.12. The van der Waals surface area contributed by atoms with Gasteiger partial charge in [-0.3, -0.25) is 9.52 Å². The second-order valence-corrected chi connectivity index (χ2v) is 7.57. The second kappa shape index (κ2) is 7.10. The molecule has 2 aromatic rings. The largest absolute Gasteiger partial charge is 0.507 e. The number of hydrogen-bond donors (Lipinski definition) is 3. The Hall–Kier alpha value is -2.26. The summed E-state index contributed by atoms with van der Waals surface area (Å²) in [5.74, 6) is -0.422. The zero-order valence-electron chi connectivity index (χ0n) is 12.8. The van der Waals surface area contributed by atoms with E-state index in [4.69, 9.17) is 4.74 Å². The van der Waals surface area contributed by atoms with Gasteiger partial charge < -0.3 is 15.2 Å². The van der Waals surface area contributed by atoms with E-state index in [-0.39, 0.29) is 22.7 Å². The van der Waals surface area contributed by atoms with Crippen molar-refractivity contribution in [2.75, 3.05) is 23.4 Å². The van der Waals surface area contributed by atoms with Gasteiger partial charge in [-0.25, -0.2) is 8.42 Å². The number of rotatable bonds is 5. The molecule has 2 rings (SSSR count). The highest BCUT2D eigenvalue weighted by Crippen LogP contribution is 2.29. The predicted molar refractivity (Wildman–Crippen MR) is 95.2 cm³/mol. The minimum absolute atomic E-state index is 0.0988. The van der Waals surface area contributed by atoms with Crippen molar-refractivity contribution in [2.45, 2.75) is 0 Å². The third-order valence-corrected chi connectivity index (χ3v) is 4.04. The Morgan fingerprint density at radius 3 is 2.54 bits per heavy atom. The fraction of sp³-hybridized carbons (Fsp3) is 0.133. The van der Waals surface area contributed by atoms with Crippen molar-refractivity contribution in [3.05, 3.63) is 46.4 Å². The van der Waals surface area contributed by atoms with Crippen LogP contribution in [0.5, 0.6) is 11.5 Å². The molecule has 0 aliphatic heterocycles. The van der Waals surface area contributed by atoms with Gasteiger partial charge in [0.2, 0.25) is 10.0 Å². The van der Waals surface area contributed by atoms with Gasteiger partial charge in [-0.1, -0.05) is 15.9 Å². The molecule has 0 bridgehead atoms. The Labute approximate surface area is 147 Å². The highest BCUT2D eigenvalue weighted by atomic mass is 79.9. The van der Waals surface area contributed by atoms with Crippen molar-refractivity contribution in [3.8, 4) is 11.5 Å². The molecule has 0 unspecified atom stereocenters. The zero-order chi connectivity index (χ0) is 17.9. The van der Waals surface area contributed by atoms with Gasteiger partial charge in [0.25, 0.3) is 5.91 Å². The highest BCUT2D eigenvalue weighted by molar-refractivity contribution is 9.10. The monoisotopic (exact) mass is 414 g/mol. The third-order valence-electron chi connectivity index (χ3n) is 2.96. The maximum atomic E-state index is 12.3. The van der Waals surface area contributed by atoms with Gasteiger partial charge in [0, 0.05) is 16.2 Å². The molecule has 0 spiro atoms. The summed E-state index contributed by atoms with van der Waals surface area (Å²) in [4.78, 5) is 12.3. The Balaban J connectivity index is 2.27. The average Bonchev–Trinajstić information content (AvgIpc) is 2.49. The first kappa shape index (κ1) is 18.1. The molecule has 0 aliphatic rings. The summed E-state index contributed by atoms with van der Waals surface area (Å²) in [7, 11) is -2.07. The van der Waals surface area contributed by atoms with Crippen LogP contribution in [0.15, 0.2) is 40.9 Å². The SMILES string of the molecule is COc1cc(NC(=O)c2cc(Br)ccc2O)ccc1NS(C)(=O)=O. The van der Waals surface area contributed by atoms with Gasteiger partial charge in [-0.05, 0) is 30.3 Å². The van der Waals surface area contributed by atoms with E-state index in [2.05, 4.69) is 26.0 Å². The van der Waals surface area contributed by atoms with Crippen molar-refractivity contribution >= 4 is 43.2 Å². The van der Waals surface area contributed by atoms with Crippen LogP contribution in [-0.4, -0.2) is 32.8 Å². The Morgan fingerprint density at radius 1 is 1.21 bits per heavy atom. The number of aromatic hydroxyl groups is 1. The molecule has 7 nitrogen and oxygen atoms in total. The third kappa shape index (κ3) is 4.62. The number of amides is 1. The second-order valence-electron chi connectivity index (χ2n) is 4.90. The van der Waals surface area contributed by atoms with Crippen molar-refractivity contribution in [2.24, 2.45) is 0 Å². The molecular weight excluding hydrogens is 400 g/mol. The molecular formula is C15H15BrN2O5S. The van der Waals surface area contributed by atoms with E-state index in [9.17, 15) is 18.3 Å². The van der Waals surface area contributed by atoms with Crippen LogP contribution >= 0.6 is 15.9 Å². The van der Waals surface area contributed by atoms with Crippen LogP contribution in [0.1, 0.15) is 10.4 Å². The highest BCUT2D eigenvalue weighted by Gasteiger charge is 2.14. The minimum Gasteiger partial charge on any atom is -0.507 e. The van der Waals surface area contributed by atoms with Gasteiger partial charge in [0.05, 0.1) is 24.6 Å². The number of carbonyl (C=O) groups excluding carboxylic acids is 1.